The molecule has 8 heteroatoms. The second-order valence-electron chi connectivity index (χ2n) is 6.43. The molecule has 7 nitrogen and oxygen atoms in total. The van der Waals surface area contributed by atoms with E-state index in [9.17, 15) is 4.79 Å². The third-order valence-electron chi connectivity index (χ3n) is 4.41. The molecule has 1 aliphatic rings. The zero-order valence-corrected chi connectivity index (χ0v) is 16.3. The van der Waals surface area contributed by atoms with Gasteiger partial charge in [-0.2, -0.15) is 0 Å². The van der Waals surface area contributed by atoms with Gasteiger partial charge in [-0.15, -0.1) is 10.2 Å². The number of hydrogen-bond acceptors (Lipinski definition) is 7. The Kier molecular flexibility index (Phi) is 5.21. The summed E-state index contributed by atoms with van der Waals surface area (Å²) in [6, 6.07) is 11.6. The Morgan fingerprint density at radius 1 is 1.07 bits per heavy atom. The average Bonchev–Trinajstić information content (AvgIpc) is 3.35. The van der Waals surface area contributed by atoms with Crippen molar-refractivity contribution >= 4 is 17.7 Å². The lowest BCUT2D eigenvalue weighted by molar-refractivity contribution is -0.118. The number of carbonyl (C=O) groups excluding carboxylic acids is 1. The minimum absolute atomic E-state index is 0.117. The predicted molar refractivity (Wildman–Crippen MR) is 104 cm³/mol. The van der Waals surface area contributed by atoms with E-state index in [1.165, 1.54) is 17.3 Å². The van der Waals surface area contributed by atoms with Crippen LogP contribution in [0.1, 0.15) is 16.7 Å². The van der Waals surface area contributed by atoms with Gasteiger partial charge in [0.1, 0.15) is 0 Å². The van der Waals surface area contributed by atoms with Crippen LogP contribution in [0.5, 0.6) is 11.5 Å². The van der Waals surface area contributed by atoms with E-state index >= 15 is 0 Å². The van der Waals surface area contributed by atoms with E-state index in [0.717, 1.165) is 22.4 Å². The molecule has 1 amide bonds. The van der Waals surface area contributed by atoms with Crippen LogP contribution in [-0.2, 0) is 11.3 Å². The number of benzene rings is 2. The monoisotopic (exact) mass is 397 g/mol. The number of hydrogen-bond donors (Lipinski definition) is 1. The molecule has 4 rings (SSSR count). The summed E-state index contributed by atoms with van der Waals surface area (Å²) in [7, 11) is 0. The van der Waals surface area contributed by atoms with Gasteiger partial charge in [0, 0.05) is 12.1 Å². The molecule has 0 saturated heterocycles. The fourth-order valence-corrected chi connectivity index (χ4v) is 3.28. The topological polar surface area (TPSA) is 86.5 Å². The Labute approximate surface area is 166 Å². The number of fused-ring (bicyclic) bond motifs is 1. The first-order valence-electron chi connectivity index (χ1n) is 8.77. The molecule has 0 atom stereocenters. The number of ether oxygens (including phenoxy) is 2. The molecule has 0 bridgehead atoms. The molecule has 144 valence electrons. The summed E-state index contributed by atoms with van der Waals surface area (Å²) in [6.45, 7) is 4.73. The molecule has 1 aromatic heterocycles. The fourth-order valence-electron chi connectivity index (χ4n) is 2.69. The summed E-state index contributed by atoms with van der Waals surface area (Å²) in [5.74, 6) is 1.95. The van der Waals surface area contributed by atoms with Crippen LogP contribution in [-0.4, -0.2) is 28.7 Å². The Morgan fingerprint density at radius 3 is 2.79 bits per heavy atom. The second kappa shape index (κ2) is 7.93. The van der Waals surface area contributed by atoms with E-state index in [1.807, 2.05) is 43.3 Å². The average molecular weight is 397 g/mol. The molecule has 0 fully saturated rings. The van der Waals surface area contributed by atoms with Crippen molar-refractivity contribution in [2.45, 2.75) is 25.6 Å². The summed E-state index contributed by atoms with van der Waals surface area (Å²) in [5.41, 5.74) is 4.18. The molecule has 2 aromatic carbocycles. The van der Waals surface area contributed by atoms with E-state index in [4.69, 9.17) is 13.9 Å². The normalized spacial score (nSPS) is 12.2. The number of nitrogens with one attached hydrogen (secondary N) is 1. The first kappa shape index (κ1) is 18.4. The molecule has 0 unspecified atom stereocenters. The van der Waals surface area contributed by atoms with Crippen molar-refractivity contribution < 1.29 is 18.7 Å². The van der Waals surface area contributed by atoms with Gasteiger partial charge in [0.05, 0.1) is 5.75 Å². The van der Waals surface area contributed by atoms with Crippen LogP contribution in [0.25, 0.3) is 11.5 Å². The first-order chi connectivity index (χ1) is 13.6. The lowest BCUT2D eigenvalue weighted by atomic mass is 10.1. The highest BCUT2D eigenvalue weighted by molar-refractivity contribution is 7.99. The van der Waals surface area contributed by atoms with E-state index < -0.39 is 0 Å². The molecule has 0 saturated carbocycles. The number of thioether (sulfide) groups is 1. The van der Waals surface area contributed by atoms with Crippen LogP contribution in [0.3, 0.4) is 0 Å². The number of aromatic nitrogens is 2. The van der Waals surface area contributed by atoms with Crippen molar-refractivity contribution in [2.75, 3.05) is 12.5 Å². The molecule has 0 aliphatic carbocycles. The van der Waals surface area contributed by atoms with Gasteiger partial charge in [0.25, 0.3) is 5.22 Å². The molecule has 1 aliphatic heterocycles. The third-order valence-corrected chi connectivity index (χ3v) is 5.23. The molecule has 0 radical (unpaired) electrons. The minimum atomic E-state index is -0.117. The Morgan fingerprint density at radius 2 is 1.93 bits per heavy atom. The largest absolute Gasteiger partial charge is 0.454 e. The molecule has 0 spiro atoms. The van der Waals surface area contributed by atoms with Gasteiger partial charge >= 0.3 is 0 Å². The van der Waals surface area contributed by atoms with Crippen LogP contribution in [0.2, 0.25) is 0 Å². The first-order valence-corrected chi connectivity index (χ1v) is 9.76. The summed E-state index contributed by atoms with van der Waals surface area (Å²) in [6.07, 6.45) is 0. The van der Waals surface area contributed by atoms with Crippen LogP contribution in [0.15, 0.2) is 46.0 Å². The number of carbonyl (C=O) groups is 1. The van der Waals surface area contributed by atoms with Crippen molar-refractivity contribution in [3.8, 4) is 23.0 Å². The van der Waals surface area contributed by atoms with Crippen LogP contribution in [0, 0.1) is 13.8 Å². The quantitative estimate of drug-likeness (QED) is 0.637. The lowest BCUT2D eigenvalue weighted by Gasteiger charge is -2.05. The van der Waals surface area contributed by atoms with E-state index in [-0.39, 0.29) is 18.5 Å². The van der Waals surface area contributed by atoms with Gasteiger partial charge < -0.3 is 19.2 Å². The van der Waals surface area contributed by atoms with E-state index in [0.29, 0.717) is 23.4 Å². The number of rotatable bonds is 6. The molecule has 1 N–H and O–H groups in total. The molecular formula is C20H19N3O4S. The maximum absolute atomic E-state index is 12.1. The van der Waals surface area contributed by atoms with Gasteiger partial charge in [0.2, 0.25) is 18.6 Å². The standard InChI is InChI=1S/C20H19N3O4S/c1-12-3-5-15(7-13(12)2)19-22-23-20(27-19)28-10-18(24)21-9-14-4-6-16-17(8-14)26-11-25-16/h3-8H,9-11H2,1-2H3,(H,21,24). The fraction of sp³-hybridized carbons (Fsp3) is 0.250. The van der Waals surface area contributed by atoms with Gasteiger partial charge in [0.15, 0.2) is 11.5 Å². The summed E-state index contributed by atoms with van der Waals surface area (Å²) in [4.78, 5) is 12.1. The molecule has 3 aromatic rings. The maximum Gasteiger partial charge on any atom is 0.277 e. The minimum Gasteiger partial charge on any atom is -0.454 e. The predicted octanol–water partition coefficient (Wildman–Crippen LogP) is 3.49. The Hall–Kier alpha value is -3.00. The van der Waals surface area contributed by atoms with Gasteiger partial charge in [-0.3, -0.25) is 4.79 Å². The summed E-state index contributed by atoms with van der Waals surface area (Å²) in [5, 5.41) is 11.3. The highest BCUT2D eigenvalue weighted by Crippen LogP contribution is 2.32. The van der Waals surface area contributed by atoms with Crippen molar-refractivity contribution in [1.29, 1.82) is 0 Å². The number of amides is 1. The van der Waals surface area contributed by atoms with Gasteiger partial charge in [-0.25, -0.2) is 0 Å². The smallest absolute Gasteiger partial charge is 0.277 e. The second-order valence-corrected chi connectivity index (χ2v) is 7.35. The van der Waals surface area contributed by atoms with Crippen molar-refractivity contribution in [3.05, 3.63) is 53.1 Å². The van der Waals surface area contributed by atoms with Crippen LogP contribution >= 0.6 is 11.8 Å². The van der Waals surface area contributed by atoms with Gasteiger partial charge in [-0.1, -0.05) is 23.9 Å². The number of aryl methyl sites for hydroxylation is 2. The zero-order valence-electron chi connectivity index (χ0n) is 15.5. The van der Waals surface area contributed by atoms with E-state index in [2.05, 4.69) is 22.4 Å². The highest BCUT2D eigenvalue weighted by Gasteiger charge is 2.14. The summed E-state index contributed by atoms with van der Waals surface area (Å²) >= 11 is 1.21. The lowest BCUT2D eigenvalue weighted by Crippen LogP contribution is -2.24. The molecule has 2 heterocycles. The zero-order chi connectivity index (χ0) is 19.5. The van der Waals surface area contributed by atoms with Crippen molar-refractivity contribution in [1.82, 2.24) is 15.5 Å². The SMILES string of the molecule is Cc1ccc(-c2nnc(SCC(=O)NCc3ccc4c(c3)OCO4)o2)cc1C. The molecule has 28 heavy (non-hydrogen) atoms. The van der Waals surface area contributed by atoms with Crippen LogP contribution < -0.4 is 14.8 Å². The van der Waals surface area contributed by atoms with Gasteiger partial charge in [-0.05, 0) is 54.8 Å². The summed E-state index contributed by atoms with van der Waals surface area (Å²) < 4.78 is 16.3. The van der Waals surface area contributed by atoms with Crippen molar-refractivity contribution in [3.63, 3.8) is 0 Å². The Balaban J connectivity index is 1.29. The number of nitrogens with zero attached hydrogens (tertiary/aromatic N) is 2. The van der Waals surface area contributed by atoms with Crippen molar-refractivity contribution in [2.24, 2.45) is 0 Å². The van der Waals surface area contributed by atoms with Crippen LogP contribution in [0.4, 0.5) is 0 Å². The molecular weight excluding hydrogens is 378 g/mol. The third kappa shape index (κ3) is 4.12. The van der Waals surface area contributed by atoms with E-state index in [1.54, 1.807) is 0 Å². The highest BCUT2D eigenvalue weighted by atomic mass is 32.2. The Bertz CT molecular complexity index is 1020. The maximum atomic E-state index is 12.1.